The van der Waals surface area contributed by atoms with Gasteiger partial charge in [-0.2, -0.15) is 4.79 Å². The number of esters is 1. The standard InChI is InChI=1S/C17H24N2O6/c1-10-4-5-12-15(2,22-13(20)8-19-18)9-21-14-17(12)11(10)6-7-16(3,23-14)24-25-17/h8,10-12,14H,4-7,9H2,1-3H3/t10-,11+,12+,14-,15+,16-,17-/m1/s1. The van der Waals surface area contributed by atoms with Crippen LogP contribution in [0.3, 0.4) is 0 Å². The first-order valence-corrected chi connectivity index (χ1v) is 8.90. The SMILES string of the molecule is C[C@@H]1CC[C@@H]2[C@]34OO[C@](C)(CC[C@@H]13)O[C@H]4OC[C@]2(C)OC(=O)C=[N+]=[N-]. The van der Waals surface area contributed by atoms with Crippen LogP contribution in [-0.2, 0) is 28.8 Å². The van der Waals surface area contributed by atoms with Gasteiger partial charge < -0.3 is 19.7 Å². The highest BCUT2D eigenvalue weighted by Gasteiger charge is 2.71. The highest BCUT2D eigenvalue weighted by atomic mass is 17.3. The Morgan fingerprint density at radius 2 is 2.08 bits per heavy atom. The van der Waals surface area contributed by atoms with Crippen molar-refractivity contribution in [2.24, 2.45) is 17.8 Å². The summed E-state index contributed by atoms with van der Waals surface area (Å²) in [5.74, 6) is -1.06. The molecule has 0 N–H and O–H groups in total. The maximum absolute atomic E-state index is 11.9. The molecule has 4 heterocycles. The second kappa shape index (κ2) is 5.59. The van der Waals surface area contributed by atoms with E-state index in [0.717, 1.165) is 31.9 Å². The molecular formula is C17H24N2O6. The summed E-state index contributed by atoms with van der Waals surface area (Å²) in [6, 6.07) is 0. The van der Waals surface area contributed by atoms with Crippen molar-refractivity contribution in [3.63, 3.8) is 0 Å². The molecule has 0 radical (unpaired) electrons. The van der Waals surface area contributed by atoms with Gasteiger partial charge in [-0.05, 0) is 44.9 Å². The van der Waals surface area contributed by atoms with E-state index in [1.807, 2.05) is 13.8 Å². The molecule has 0 aromatic carbocycles. The van der Waals surface area contributed by atoms with Crippen molar-refractivity contribution < 1.29 is 33.6 Å². The molecule has 5 aliphatic rings. The quantitative estimate of drug-likeness (QED) is 0.247. The average molecular weight is 352 g/mol. The predicted octanol–water partition coefficient (Wildman–Crippen LogP) is 1.83. The number of hydrogen-bond donors (Lipinski definition) is 0. The first kappa shape index (κ1) is 17.1. The highest BCUT2D eigenvalue weighted by molar-refractivity contribution is 6.20. The molecule has 1 aliphatic carbocycles. The number of hydrogen-bond acceptors (Lipinski definition) is 6. The van der Waals surface area contributed by atoms with Crippen LogP contribution in [-0.4, -0.2) is 46.9 Å². The number of ether oxygens (including phenoxy) is 3. The molecule has 4 aliphatic heterocycles. The highest BCUT2D eigenvalue weighted by Crippen LogP contribution is 2.60. The van der Waals surface area contributed by atoms with Crippen LogP contribution >= 0.6 is 0 Å². The molecule has 7 atom stereocenters. The van der Waals surface area contributed by atoms with Gasteiger partial charge in [-0.1, -0.05) is 6.92 Å². The summed E-state index contributed by atoms with van der Waals surface area (Å²) in [4.78, 5) is 26.4. The minimum atomic E-state index is -0.919. The van der Waals surface area contributed by atoms with Crippen molar-refractivity contribution in [1.82, 2.24) is 0 Å². The zero-order valence-electron chi connectivity index (χ0n) is 14.8. The molecule has 8 nitrogen and oxygen atoms in total. The smallest absolute Gasteiger partial charge is 0.414 e. The van der Waals surface area contributed by atoms with Crippen molar-refractivity contribution in [2.75, 3.05) is 6.61 Å². The van der Waals surface area contributed by atoms with Crippen LogP contribution in [0.5, 0.6) is 0 Å². The molecule has 138 valence electrons. The molecule has 0 unspecified atom stereocenters. The molecule has 0 aromatic heterocycles. The fraction of sp³-hybridized carbons (Fsp3) is 0.882. The average Bonchev–Trinajstić information content (AvgIpc) is 2.78. The van der Waals surface area contributed by atoms with E-state index in [2.05, 4.69) is 11.7 Å². The van der Waals surface area contributed by atoms with Gasteiger partial charge in [0.05, 0.1) is 6.61 Å². The third-order valence-electron chi connectivity index (χ3n) is 6.47. The van der Waals surface area contributed by atoms with Gasteiger partial charge in [-0.3, -0.25) is 0 Å². The number of nitrogens with zero attached hydrogens (tertiary/aromatic N) is 2. The second-order valence-electron chi connectivity index (χ2n) is 8.15. The van der Waals surface area contributed by atoms with Crippen molar-refractivity contribution in [3.8, 4) is 0 Å². The lowest BCUT2D eigenvalue weighted by Crippen LogP contribution is -2.73. The van der Waals surface area contributed by atoms with E-state index in [0.29, 0.717) is 5.92 Å². The minimum absolute atomic E-state index is 0.140. The Morgan fingerprint density at radius 3 is 2.84 bits per heavy atom. The molecule has 4 saturated heterocycles. The molecule has 0 aromatic rings. The van der Waals surface area contributed by atoms with Crippen LogP contribution in [0.1, 0.15) is 46.5 Å². The van der Waals surface area contributed by atoms with Crippen molar-refractivity contribution >= 4 is 12.2 Å². The van der Waals surface area contributed by atoms with Crippen LogP contribution in [0.15, 0.2) is 0 Å². The molecule has 1 spiro atoms. The van der Waals surface area contributed by atoms with Crippen LogP contribution in [0.2, 0.25) is 0 Å². The van der Waals surface area contributed by atoms with Gasteiger partial charge in [0.25, 0.3) is 0 Å². The topological polar surface area (TPSA) is 99.6 Å². The maximum atomic E-state index is 11.9. The molecule has 8 heteroatoms. The molecule has 0 amide bonds. The van der Waals surface area contributed by atoms with Gasteiger partial charge in [0.2, 0.25) is 5.79 Å². The van der Waals surface area contributed by atoms with E-state index < -0.39 is 29.2 Å². The largest absolute Gasteiger partial charge is 0.448 e. The Kier molecular flexibility index (Phi) is 3.83. The Morgan fingerprint density at radius 1 is 1.28 bits per heavy atom. The number of fused-ring (bicyclic) bond motifs is 2. The van der Waals surface area contributed by atoms with Gasteiger partial charge in [0.1, 0.15) is 5.60 Å². The summed E-state index contributed by atoms with van der Waals surface area (Å²) in [7, 11) is 0. The van der Waals surface area contributed by atoms with E-state index >= 15 is 0 Å². The van der Waals surface area contributed by atoms with Crippen molar-refractivity contribution in [1.29, 1.82) is 0 Å². The fourth-order valence-corrected chi connectivity index (χ4v) is 5.28. The van der Waals surface area contributed by atoms with E-state index in [1.54, 1.807) is 0 Å². The fourth-order valence-electron chi connectivity index (χ4n) is 5.28. The zero-order valence-corrected chi connectivity index (χ0v) is 14.8. The maximum Gasteiger partial charge on any atom is 0.414 e. The summed E-state index contributed by atoms with van der Waals surface area (Å²) in [6.45, 7) is 6.11. The lowest BCUT2D eigenvalue weighted by Gasteiger charge is -2.61. The van der Waals surface area contributed by atoms with Gasteiger partial charge in [0, 0.05) is 12.3 Å². The third-order valence-corrected chi connectivity index (χ3v) is 6.47. The zero-order chi connectivity index (χ0) is 17.9. The predicted molar refractivity (Wildman–Crippen MR) is 82.9 cm³/mol. The van der Waals surface area contributed by atoms with Crippen LogP contribution in [0.4, 0.5) is 0 Å². The Bertz CT molecular complexity index is 637. The third kappa shape index (κ3) is 2.39. The van der Waals surface area contributed by atoms with Crippen LogP contribution < -0.4 is 0 Å². The van der Waals surface area contributed by atoms with E-state index in [-0.39, 0.29) is 18.4 Å². The second-order valence-corrected chi connectivity index (χ2v) is 8.15. The van der Waals surface area contributed by atoms with Crippen LogP contribution in [0, 0.1) is 17.8 Å². The van der Waals surface area contributed by atoms with E-state index in [9.17, 15) is 4.79 Å². The first-order valence-electron chi connectivity index (χ1n) is 8.90. The molecule has 5 rings (SSSR count). The molecule has 1 saturated carbocycles. The Hall–Kier alpha value is -1.31. The number of carbonyl (C=O) groups excluding carboxylic acids is 1. The van der Waals surface area contributed by atoms with Gasteiger partial charge >= 0.3 is 12.2 Å². The lowest BCUT2D eigenvalue weighted by molar-refractivity contribution is -0.571. The van der Waals surface area contributed by atoms with Gasteiger partial charge in [-0.15, -0.1) is 0 Å². The summed E-state index contributed by atoms with van der Waals surface area (Å²) >= 11 is 0. The molecule has 5 fully saturated rings. The van der Waals surface area contributed by atoms with Gasteiger partial charge in [0.15, 0.2) is 11.9 Å². The first-order chi connectivity index (χ1) is 11.8. The van der Waals surface area contributed by atoms with Crippen molar-refractivity contribution in [2.45, 2.75) is 69.7 Å². The Balaban J connectivity index is 1.75. The summed E-state index contributed by atoms with van der Waals surface area (Å²) in [5, 5.41) is 0. The Labute approximate surface area is 146 Å². The molecule has 25 heavy (non-hydrogen) atoms. The molecular weight excluding hydrogens is 328 g/mol. The molecule has 2 bridgehead atoms. The van der Waals surface area contributed by atoms with Crippen LogP contribution in [0.25, 0.3) is 5.53 Å². The number of rotatable bonds is 2. The van der Waals surface area contributed by atoms with E-state index in [4.69, 9.17) is 29.5 Å². The lowest BCUT2D eigenvalue weighted by atomic mass is 9.57. The normalized spacial score (nSPS) is 51.0. The van der Waals surface area contributed by atoms with Gasteiger partial charge in [-0.25, -0.2) is 14.6 Å². The van der Waals surface area contributed by atoms with E-state index in [1.165, 1.54) is 0 Å². The van der Waals surface area contributed by atoms with Crippen molar-refractivity contribution in [3.05, 3.63) is 5.53 Å². The summed E-state index contributed by atoms with van der Waals surface area (Å²) in [5.41, 5.74) is 6.86. The summed E-state index contributed by atoms with van der Waals surface area (Å²) < 4.78 is 17.8. The summed E-state index contributed by atoms with van der Waals surface area (Å²) in [6.07, 6.45) is 3.63. The number of carbonyl (C=O) groups is 1. The monoisotopic (exact) mass is 352 g/mol. The minimum Gasteiger partial charge on any atom is -0.448 e.